The van der Waals surface area contributed by atoms with E-state index in [0.29, 0.717) is 0 Å². The summed E-state index contributed by atoms with van der Waals surface area (Å²) in [5.74, 6) is 0. The Kier molecular flexibility index (Phi) is 12.3. The van der Waals surface area contributed by atoms with E-state index >= 15 is 0 Å². The molecule has 0 aliphatic carbocycles. The van der Waals surface area contributed by atoms with Gasteiger partial charge in [-0.05, 0) is 21.5 Å². The first-order chi connectivity index (χ1) is 18.8. The molecule has 0 bridgehead atoms. The van der Waals surface area contributed by atoms with Gasteiger partial charge in [-0.25, -0.2) is 0 Å². The van der Waals surface area contributed by atoms with E-state index in [1.165, 1.54) is 65.3 Å². The van der Waals surface area contributed by atoms with Gasteiger partial charge in [0, 0.05) is 0 Å². The Morgan fingerprint density at radius 2 is 0.643 bits per heavy atom. The van der Waals surface area contributed by atoms with Crippen LogP contribution in [0, 0.1) is 0 Å². The number of rotatable bonds is 2. The maximum atomic E-state index is 2.27. The summed E-state index contributed by atoms with van der Waals surface area (Å²) in [7, 11) is 0. The molecule has 8 aromatic rings. The molecule has 200 valence electrons. The third-order valence-corrected chi connectivity index (χ3v) is 7.40. The van der Waals surface area contributed by atoms with Crippen molar-refractivity contribution in [1.29, 1.82) is 0 Å². The Morgan fingerprint density at radius 1 is 0.310 bits per heavy atom. The van der Waals surface area contributed by atoms with Crippen molar-refractivity contribution in [2.75, 3.05) is 0 Å². The minimum absolute atomic E-state index is 0. The molecule has 0 heterocycles. The molecule has 0 saturated heterocycles. The molecule has 0 aliphatic heterocycles. The van der Waals surface area contributed by atoms with Crippen LogP contribution in [0.2, 0.25) is 0 Å². The molecule has 0 N–H and O–H groups in total. The van der Waals surface area contributed by atoms with Gasteiger partial charge in [0.1, 0.15) is 0 Å². The van der Waals surface area contributed by atoms with E-state index in [4.69, 9.17) is 0 Å². The second kappa shape index (κ2) is 15.2. The van der Waals surface area contributed by atoms with Crippen LogP contribution in [0.3, 0.4) is 0 Å². The molecule has 0 nitrogen and oxygen atoms in total. The molecule has 4 heteroatoms. The van der Waals surface area contributed by atoms with Crippen molar-refractivity contribution in [2.24, 2.45) is 0 Å². The van der Waals surface area contributed by atoms with Crippen LogP contribution in [0.4, 0.5) is 0 Å². The van der Waals surface area contributed by atoms with Gasteiger partial charge in [-0.2, -0.15) is 0 Å². The summed E-state index contributed by atoms with van der Waals surface area (Å²) in [6.07, 6.45) is 0. The number of benzene rings is 6. The van der Waals surface area contributed by atoms with Crippen molar-refractivity contribution in [3.8, 4) is 22.3 Å². The predicted molar refractivity (Wildman–Crippen MR) is 165 cm³/mol. The maximum Gasteiger partial charge on any atom is 2.00 e. The normalized spacial score (nSPS) is 10.1. The third-order valence-electron chi connectivity index (χ3n) is 7.40. The zero-order valence-electron chi connectivity index (χ0n) is 22.8. The van der Waals surface area contributed by atoms with E-state index in [1.54, 1.807) is 0 Å². The van der Waals surface area contributed by atoms with Crippen LogP contribution < -0.4 is 24.8 Å². The van der Waals surface area contributed by atoms with Crippen LogP contribution in [0.1, 0.15) is 0 Å². The van der Waals surface area contributed by atoms with Gasteiger partial charge < -0.3 is 24.8 Å². The Bertz CT molecular complexity index is 1840. The smallest absolute Gasteiger partial charge is 1.00 e. The van der Waals surface area contributed by atoms with E-state index in [1.807, 2.05) is 0 Å². The average Bonchev–Trinajstić information content (AvgIpc) is 3.62. The van der Waals surface area contributed by atoms with Crippen molar-refractivity contribution in [2.45, 2.75) is 0 Å². The minimum atomic E-state index is 0. The van der Waals surface area contributed by atoms with E-state index in [0.717, 1.165) is 0 Å². The quantitative estimate of drug-likeness (QED) is 0.225. The molecular weight excluding hydrogens is 710 g/mol. The molecule has 0 atom stereocenters. The Labute approximate surface area is 297 Å². The summed E-state index contributed by atoms with van der Waals surface area (Å²) < 4.78 is 0. The van der Waals surface area contributed by atoms with Gasteiger partial charge in [-0.3, -0.25) is 0 Å². The number of fused-ring (bicyclic) bond motifs is 4. The topological polar surface area (TPSA) is 0 Å². The molecule has 0 saturated carbocycles. The average molecular weight is 736 g/mol. The van der Waals surface area contributed by atoms with Crippen LogP contribution >= 0.6 is 0 Å². The van der Waals surface area contributed by atoms with Crippen LogP contribution in [0.5, 0.6) is 0 Å². The molecule has 0 spiro atoms. The second-order valence-electron chi connectivity index (χ2n) is 9.87. The monoisotopic (exact) mass is 732 g/mol. The Balaban J connectivity index is 0.000000210. The maximum absolute atomic E-state index is 2.27. The summed E-state index contributed by atoms with van der Waals surface area (Å²) in [6.45, 7) is 0. The van der Waals surface area contributed by atoms with Gasteiger partial charge in [0.25, 0.3) is 0 Å². The Morgan fingerprint density at radius 3 is 1.02 bits per heavy atom. The zero-order chi connectivity index (χ0) is 25.3. The van der Waals surface area contributed by atoms with Gasteiger partial charge in [-0.1, -0.05) is 132 Å². The van der Waals surface area contributed by atoms with Crippen molar-refractivity contribution < 1.29 is 77.2 Å². The number of hydrogen-bond acceptors (Lipinski definition) is 0. The van der Waals surface area contributed by atoms with Crippen LogP contribution in [0.15, 0.2) is 158 Å². The third kappa shape index (κ3) is 7.13. The van der Waals surface area contributed by atoms with Crippen LogP contribution in [0.25, 0.3) is 65.3 Å². The Hall–Kier alpha value is -2.59. The summed E-state index contributed by atoms with van der Waals surface area (Å²) in [6, 6.07) is 56.4. The second-order valence-corrected chi connectivity index (χ2v) is 9.87. The van der Waals surface area contributed by atoms with Crippen molar-refractivity contribution >= 4 is 43.1 Å². The molecule has 8 rings (SSSR count). The fourth-order valence-electron chi connectivity index (χ4n) is 5.37. The molecule has 8 aromatic carbocycles. The molecule has 0 unspecified atom stereocenters. The molecule has 0 fully saturated rings. The van der Waals surface area contributed by atoms with Crippen LogP contribution in [-0.2, 0) is 52.4 Å². The molecule has 0 radical (unpaired) electrons. The fourth-order valence-corrected chi connectivity index (χ4v) is 5.37. The van der Waals surface area contributed by atoms with Crippen molar-refractivity contribution in [1.82, 2.24) is 0 Å². The van der Waals surface area contributed by atoms with E-state index in [2.05, 4.69) is 158 Å². The van der Waals surface area contributed by atoms with Crippen molar-refractivity contribution in [3.63, 3.8) is 0 Å². The standard InChI is InChI=1S/2C19H13.2ClH.2Zr/c2*1-2-6-15-11-18(10-9-14(15)5-1)19-12-16-7-3-4-8-17(16)13-19;;;;/h2*1-13H;2*1H;;/q2*-1;;;2*+2/p-2. The first-order valence-electron chi connectivity index (χ1n) is 13.1. The summed E-state index contributed by atoms with van der Waals surface area (Å²) >= 11 is 0. The first kappa shape index (κ1) is 33.9. The molecular formula is C38H26Cl2Zr2. The van der Waals surface area contributed by atoms with Gasteiger partial charge in [0.05, 0.1) is 0 Å². The largest absolute Gasteiger partial charge is 2.00 e. The summed E-state index contributed by atoms with van der Waals surface area (Å²) in [4.78, 5) is 0. The van der Waals surface area contributed by atoms with Crippen LogP contribution in [-0.4, -0.2) is 0 Å². The SMILES string of the molecule is [Cl-].[Cl-].[Zr+2].[Zr+2].c1ccc2cc(-c3cc4ccccc4[cH-]3)ccc2c1.c1ccc2cc(-c3cc4ccccc4[cH-]3)ccc2c1. The number of halogens is 2. The van der Waals surface area contributed by atoms with Gasteiger partial charge in [-0.15, -0.1) is 69.1 Å². The van der Waals surface area contributed by atoms with Gasteiger partial charge in [0.15, 0.2) is 0 Å². The van der Waals surface area contributed by atoms with E-state index in [-0.39, 0.29) is 77.2 Å². The van der Waals surface area contributed by atoms with Gasteiger partial charge >= 0.3 is 52.4 Å². The van der Waals surface area contributed by atoms with Gasteiger partial charge in [0.2, 0.25) is 0 Å². The summed E-state index contributed by atoms with van der Waals surface area (Å²) in [5.41, 5.74) is 5.17. The predicted octanol–water partition coefficient (Wildman–Crippen LogP) is 4.76. The fraction of sp³-hybridized carbons (Fsp3) is 0. The summed E-state index contributed by atoms with van der Waals surface area (Å²) in [5, 5.41) is 10.4. The molecule has 0 aliphatic rings. The van der Waals surface area contributed by atoms with E-state index < -0.39 is 0 Å². The van der Waals surface area contributed by atoms with E-state index in [9.17, 15) is 0 Å². The zero-order valence-corrected chi connectivity index (χ0v) is 29.2. The molecule has 0 amide bonds. The number of hydrogen-bond donors (Lipinski definition) is 0. The first-order valence-corrected chi connectivity index (χ1v) is 13.1. The molecule has 42 heavy (non-hydrogen) atoms. The molecule has 0 aromatic heterocycles. The minimum Gasteiger partial charge on any atom is -1.00 e. The van der Waals surface area contributed by atoms with Crippen molar-refractivity contribution in [3.05, 3.63) is 158 Å².